The predicted octanol–water partition coefficient (Wildman–Crippen LogP) is 1.76. The molecule has 1 aliphatic heterocycles. The molecule has 0 aliphatic carbocycles. The van der Waals surface area contributed by atoms with Crippen LogP contribution >= 0.6 is 0 Å². The van der Waals surface area contributed by atoms with E-state index in [9.17, 15) is 9.59 Å². The second kappa shape index (κ2) is 9.57. The van der Waals surface area contributed by atoms with Crippen molar-refractivity contribution >= 4 is 11.8 Å². The molecule has 3 aromatic rings. The van der Waals surface area contributed by atoms with Gasteiger partial charge in [-0.3, -0.25) is 9.59 Å². The third kappa shape index (κ3) is 4.83. The number of methoxy groups -OCH3 is 1. The van der Waals surface area contributed by atoms with Crippen molar-refractivity contribution < 1.29 is 18.8 Å². The summed E-state index contributed by atoms with van der Waals surface area (Å²) in [6.07, 6.45) is 2.46. The van der Waals surface area contributed by atoms with E-state index in [0.29, 0.717) is 50.1 Å². The lowest BCUT2D eigenvalue weighted by molar-refractivity contribution is -0.121. The summed E-state index contributed by atoms with van der Waals surface area (Å²) in [6.45, 7) is 1.91. The number of nitrogens with one attached hydrogen (secondary N) is 1. The van der Waals surface area contributed by atoms with Gasteiger partial charge in [0.15, 0.2) is 0 Å². The summed E-state index contributed by atoms with van der Waals surface area (Å²) in [4.78, 5) is 31.3. The lowest BCUT2D eigenvalue weighted by Crippen LogP contribution is -2.53. The summed E-state index contributed by atoms with van der Waals surface area (Å²) >= 11 is 0. The van der Waals surface area contributed by atoms with E-state index in [0.717, 1.165) is 5.56 Å². The van der Waals surface area contributed by atoms with Crippen LogP contribution in [0.25, 0.3) is 11.4 Å². The lowest BCUT2D eigenvalue weighted by atomic mass is 10.1. The van der Waals surface area contributed by atoms with Gasteiger partial charge >= 0.3 is 0 Å². The molecule has 0 bridgehead atoms. The van der Waals surface area contributed by atoms with Crippen LogP contribution in [0.5, 0.6) is 0 Å². The first kappa shape index (κ1) is 20.8. The van der Waals surface area contributed by atoms with Gasteiger partial charge in [-0.25, -0.2) is 0 Å². The average molecular weight is 423 g/mol. The van der Waals surface area contributed by atoms with Crippen LogP contribution in [0.4, 0.5) is 0 Å². The zero-order valence-corrected chi connectivity index (χ0v) is 17.4. The Bertz CT molecular complexity index is 1030. The molecule has 0 saturated carbocycles. The van der Waals surface area contributed by atoms with E-state index in [4.69, 9.17) is 9.26 Å². The van der Waals surface area contributed by atoms with E-state index in [2.05, 4.69) is 15.5 Å². The SMILES string of the molecule is COCCN1C(=O)c2cccn2CC1CNC(=O)CCc1nc(-c2ccccc2)no1. The van der Waals surface area contributed by atoms with Crippen molar-refractivity contribution in [3.8, 4) is 11.4 Å². The maximum Gasteiger partial charge on any atom is 0.270 e. The van der Waals surface area contributed by atoms with Gasteiger partial charge in [0.1, 0.15) is 5.69 Å². The Morgan fingerprint density at radius 3 is 2.90 bits per heavy atom. The molecule has 1 N–H and O–H groups in total. The molecule has 1 unspecified atom stereocenters. The van der Waals surface area contributed by atoms with E-state index in [1.807, 2.05) is 53.2 Å². The molecular formula is C22H25N5O4. The molecule has 9 heteroatoms. The molecule has 1 aliphatic rings. The highest BCUT2D eigenvalue weighted by molar-refractivity contribution is 5.93. The molecule has 0 spiro atoms. The fourth-order valence-corrected chi connectivity index (χ4v) is 3.66. The average Bonchev–Trinajstić information content (AvgIpc) is 3.46. The van der Waals surface area contributed by atoms with Gasteiger partial charge < -0.3 is 24.0 Å². The largest absolute Gasteiger partial charge is 0.383 e. The van der Waals surface area contributed by atoms with Gasteiger partial charge in [-0.15, -0.1) is 0 Å². The van der Waals surface area contributed by atoms with Gasteiger partial charge in [-0.2, -0.15) is 4.98 Å². The molecule has 31 heavy (non-hydrogen) atoms. The molecule has 0 saturated heterocycles. The minimum atomic E-state index is -0.139. The van der Waals surface area contributed by atoms with Crippen molar-refractivity contribution in [2.24, 2.45) is 0 Å². The van der Waals surface area contributed by atoms with Crippen molar-refractivity contribution in [1.29, 1.82) is 0 Å². The Labute approximate surface area is 180 Å². The summed E-state index contributed by atoms with van der Waals surface area (Å²) in [7, 11) is 1.61. The molecule has 2 aromatic heterocycles. The van der Waals surface area contributed by atoms with E-state index in [1.54, 1.807) is 12.0 Å². The highest BCUT2D eigenvalue weighted by Gasteiger charge is 2.32. The monoisotopic (exact) mass is 423 g/mol. The number of hydrogen-bond donors (Lipinski definition) is 1. The lowest BCUT2D eigenvalue weighted by Gasteiger charge is -2.36. The van der Waals surface area contributed by atoms with Gasteiger partial charge in [-0.1, -0.05) is 35.5 Å². The number of carbonyl (C=O) groups is 2. The van der Waals surface area contributed by atoms with E-state index in [-0.39, 0.29) is 24.3 Å². The van der Waals surface area contributed by atoms with Gasteiger partial charge in [0, 0.05) is 51.3 Å². The summed E-state index contributed by atoms with van der Waals surface area (Å²) < 4.78 is 12.3. The van der Waals surface area contributed by atoms with Crippen molar-refractivity contribution in [2.45, 2.75) is 25.4 Å². The van der Waals surface area contributed by atoms with Crippen LogP contribution in [0.2, 0.25) is 0 Å². The molecule has 162 valence electrons. The molecule has 9 nitrogen and oxygen atoms in total. The Morgan fingerprint density at radius 1 is 1.26 bits per heavy atom. The first-order valence-corrected chi connectivity index (χ1v) is 10.3. The fraction of sp³-hybridized carbons (Fsp3) is 0.364. The third-order valence-corrected chi connectivity index (χ3v) is 5.29. The number of aryl methyl sites for hydroxylation is 1. The number of nitrogens with zero attached hydrogens (tertiary/aromatic N) is 4. The Kier molecular flexibility index (Phi) is 6.42. The molecule has 4 rings (SSSR count). The smallest absolute Gasteiger partial charge is 0.270 e. The Balaban J connectivity index is 1.31. The minimum absolute atomic E-state index is 0.0492. The molecule has 2 amide bonds. The highest BCUT2D eigenvalue weighted by Crippen LogP contribution is 2.18. The molecule has 1 atom stereocenters. The quantitative estimate of drug-likeness (QED) is 0.563. The van der Waals surface area contributed by atoms with Gasteiger partial charge in [-0.05, 0) is 12.1 Å². The summed E-state index contributed by atoms with van der Waals surface area (Å²) in [5, 5.41) is 6.90. The Morgan fingerprint density at radius 2 is 2.10 bits per heavy atom. The second-order valence-corrected chi connectivity index (χ2v) is 7.37. The first-order chi connectivity index (χ1) is 15.2. The van der Waals surface area contributed by atoms with Crippen LogP contribution in [-0.2, 0) is 22.5 Å². The maximum absolute atomic E-state index is 12.8. The van der Waals surface area contributed by atoms with Crippen molar-refractivity contribution in [3.63, 3.8) is 0 Å². The molecular weight excluding hydrogens is 398 g/mol. The Hall–Kier alpha value is -3.46. The van der Waals surface area contributed by atoms with Crippen LogP contribution in [-0.4, -0.2) is 64.3 Å². The number of carbonyl (C=O) groups excluding carboxylic acids is 2. The molecule has 3 heterocycles. The summed E-state index contributed by atoms with van der Waals surface area (Å²) in [5.41, 5.74) is 1.52. The molecule has 1 aromatic carbocycles. The summed E-state index contributed by atoms with van der Waals surface area (Å²) in [6, 6.07) is 13.1. The van der Waals surface area contributed by atoms with Gasteiger partial charge in [0.25, 0.3) is 5.91 Å². The van der Waals surface area contributed by atoms with Crippen LogP contribution in [0.15, 0.2) is 53.2 Å². The van der Waals surface area contributed by atoms with Crippen LogP contribution in [0, 0.1) is 0 Å². The van der Waals surface area contributed by atoms with E-state index in [1.165, 1.54) is 0 Å². The van der Waals surface area contributed by atoms with E-state index >= 15 is 0 Å². The van der Waals surface area contributed by atoms with Crippen LogP contribution in [0.3, 0.4) is 0 Å². The number of aromatic nitrogens is 3. The predicted molar refractivity (Wildman–Crippen MR) is 112 cm³/mol. The van der Waals surface area contributed by atoms with Crippen LogP contribution in [0.1, 0.15) is 22.8 Å². The number of rotatable bonds is 9. The fourth-order valence-electron chi connectivity index (χ4n) is 3.66. The van der Waals surface area contributed by atoms with Gasteiger partial charge in [0.05, 0.1) is 12.6 Å². The molecule has 0 radical (unpaired) electrons. The first-order valence-electron chi connectivity index (χ1n) is 10.3. The highest BCUT2D eigenvalue weighted by atomic mass is 16.5. The normalized spacial score (nSPS) is 15.7. The minimum Gasteiger partial charge on any atom is -0.383 e. The van der Waals surface area contributed by atoms with Gasteiger partial charge in [0.2, 0.25) is 17.6 Å². The summed E-state index contributed by atoms with van der Waals surface area (Å²) in [5.74, 6) is 0.748. The number of ether oxygens (including phenoxy) is 1. The zero-order valence-electron chi connectivity index (χ0n) is 17.4. The number of fused-ring (bicyclic) bond motifs is 1. The number of hydrogen-bond acceptors (Lipinski definition) is 6. The van der Waals surface area contributed by atoms with Crippen molar-refractivity contribution in [3.05, 3.63) is 60.2 Å². The topological polar surface area (TPSA) is 102 Å². The number of amides is 2. The van der Waals surface area contributed by atoms with Crippen molar-refractivity contribution in [2.75, 3.05) is 26.8 Å². The maximum atomic E-state index is 12.8. The van der Waals surface area contributed by atoms with E-state index < -0.39 is 0 Å². The van der Waals surface area contributed by atoms with Crippen molar-refractivity contribution in [1.82, 2.24) is 24.9 Å². The second-order valence-electron chi connectivity index (χ2n) is 7.37. The zero-order chi connectivity index (χ0) is 21.6. The van der Waals surface area contributed by atoms with Crippen LogP contribution < -0.4 is 5.32 Å². The number of benzene rings is 1. The standard InChI is InChI=1S/C22H25N5O4/c1-30-13-12-27-17(15-26-11-5-8-18(26)22(27)29)14-23-19(28)9-10-20-24-21(25-31-20)16-6-3-2-4-7-16/h2-8,11,17H,9-10,12-15H2,1H3,(H,23,28). The third-order valence-electron chi connectivity index (χ3n) is 5.29. The molecule has 0 fully saturated rings.